The predicted octanol–water partition coefficient (Wildman–Crippen LogP) is 5.25. The molecule has 3 rings (SSSR count). The summed E-state index contributed by atoms with van der Waals surface area (Å²) in [4.78, 5) is 12.4. The van der Waals surface area contributed by atoms with Crippen LogP contribution in [0.2, 0.25) is 5.02 Å². The van der Waals surface area contributed by atoms with Gasteiger partial charge in [0.05, 0.1) is 18.4 Å². The number of ether oxygens (including phenoxy) is 1. The van der Waals surface area contributed by atoms with Gasteiger partial charge in [-0.3, -0.25) is 4.72 Å². The second-order valence-electron chi connectivity index (χ2n) is 5.49. The normalized spacial score (nSPS) is 11.5. The van der Waals surface area contributed by atoms with Gasteiger partial charge < -0.3 is 4.74 Å². The van der Waals surface area contributed by atoms with E-state index < -0.39 is 16.0 Å². The number of carbonyl (C=O) groups is 1. The molecule has 0 aliphatic rings. The van der Waals surface area contributed by atoms with Gasteiger partial charge in [0.1, 0.15) is 4.21 Å². The largest absolute Gasteiger partial charge is 0.465 e. The molecule has 142 valence electrons. The van der Waals surface area contributed by atoms with E-state index in [1.807, 2.05) is 6.92 Å². The van der Waals surface area contributed by atoms with Gasteiger partial charge in [-0.05, 0) is 53.6 Å². The molecule has 0 spiro atoms. The number of sulfonamides is 1. The molecule has 0 radical (unpaired) electrons. The van der Waals surface area contributed by atoms with Crippen LogP contribution < -0.4 is 4.72 Å². The number of anilines is 1. The average Bonchev–Trinajstić information content (AvgIpc) is 3.06. The van der Waals surface area contributed by atoms with Gasteiger partial charge in [-0.2, -0.15) is 0 Å². The Hall–Kier alpha value is -1.74. The van der Waals surface area contributed by atoms with Crippen LogP contribution in [0.5, 0.6) is 0 Å². The summed E-state index contributed by atoms with van der Waals surface area (Å²) in [6.45, 7) is 1.95. The van der Waals surface area contributed by atoms with E-state index in [9.17, 15) is 13.2 Å². The fraction of sp³-hybridized carbons (Fsp3) is 0.167. The van der Waals surface area contributed by atoms with Crippen molar-refractivity contribution in [1.82, 2.24) is 0 Å². The molecule has 0 bridgehead atoms. The molecule has 0 aliphatic carbocycles. The number of rotatable bonds is 6. The maximum atomic E-state index is 12.9. The second kappa shape index (κ2) is 8.10. The van der Waals surface area contributed by atoms with Crippen molar-refractivity contribution in [2.45, 2.75) is 16.0 Å². The van der Waals surface area contributed by atoms with Crippen molar-refractivity contribution in [3.8, 4) is 0 Å². The summed E-state index contributed by atoms with van der Waals surface area (Å²) in [5.74, 6) is 0.254. The number of fused-ring (bicyclic) bond motifs is 1. The van der Waals surface area contributed by atoms with Crippen molar-refractivity contribution in [1.29, 1.82) is 0 Å². The van der Waals surface area contributed by atoms with Crippen LogP contribution >= 0.6 is 34.7 Å². The maximum Gasteiger partial charge on any atom is 0.337 e. The van der Waals surface area contributed by atoms with Gasteiger partial charge in [0, 0.05) is 14.6 Å². The highest BCUT2D eigenvalue weighted by Gasteiger charge is 2.20. The van der Waals surface area contributed by atoms with Gasteiger partial charge in [0.2, 0.25) is 0 Å². The fourth-order valence-corrected chi connectivity index (χ4v) is 5.94. The van der Waals surface area contributed by atoms with Crippen molar-refractivity contribution in [3.05, 3.63) is 53.1 Å². The molecular weight excluding hydrogens is 426 g/mol. The highest BCUT2D eigenvalue weighted by molar-refractivity contribution is 7.99. The van der Waals surface area contributed by atoms with E-state index in [-0.39, 0.29) is 4.21 Å². The third kappa shape index (κ3) is 4.40. The highest BCUT2D eigenvalue weighted by atomic mass is 35.5. The topological polar surface area (TPSA) is 72.5 Å². The van der Waals surface area contributed by atoms with E-state index in [1.54, 1.807) is 36.4 Å². The standard InChI is InChI=1S/C18H16ClNO4S3/c1-3-25-16-9-11(18(21)24-2)4-6-14(16)20-27(22,23)17-10-12-8-13(19)5-7-15(12)26-17/h4-10,20H,3H2,1-2H3. The van der Waals surface area contributed by atoms with Crippen LogP contribution in [-0.2, 0) is 14.8 Å². The van der Waals surface area contributed by atoms with Crippen LogP contribution in [0.3, 0.4) is 0 Å². The molecule has 27 heavy (non-hydrogen) atoms. The van der Waals surface area contributed by atoms with Crippen LogP contribution in [0.4, 0.5) is 5.69 Å². The molecule has 2 aromatic carbocycles. The van der Waals surface area contributed by atoms with Gasteiger partial charge in [0.25, 0.3) is 10.0 Å². The number of thioether (sulfide) groups is 1. The van der Waals surface area contributed by atoms with Crippen molar-refractivity contribution >= 4 is 66.5 Å². The summed E-state index contributed by atoms with van der Waals surface area (Å²) in [6.07, 6.45) is 0. The van der Waals surface area contributed by atoms with Crippen LogP contribution in [-0.4, -0.2) is 27.2 Å². The number of benzene rings is 2. The Bertz CT molecular complexity index is 1110. The first kappa shape index (κ1) is 20.0. The van der Waals surface area contributed by atoms with Crippen molar-refractivity contribution < 1.29 is 17.9 Å². The van der Waals surface area contributed by atoms with Gasteiger partial charge in [0.15, 0.2) is 0 Å². The zero-order valence-electron chi connectivity index (χ0n) is 14.5. The summed E-state index contributed by atoms with van der Waals surface area (Å²) in [5, 5.41) is 1.33. The number of hydrogen-bond acceptors (Lipinski definition) is 6. The number of hydrogen-bond donors (Lipinski definition) is 1. The maximum absolute atomic E-state index is 12.9. The summed E-state index contributed by atoms with van der Waals surface area (Å²) >= 11 is 8.59. The molecule has 5 nitrogen and oxygen atoms in total. The van der Waals surface area contributed by atoms with Gasteiger partial charge >= 0.3 is 5.97 Å². The molecule has 3 aromatic rings. The van der Waals surface area contributed by atoms with E-state index in [4.69, 9.17) is 16.3 Å². The predicted molar refractivity (Wildman–Crippen MR) is 112 cm³/mol. The summed E-state index contributed by atoms with van der Waals surface area (Å²) in [5.41, 5.74) is 0.790. The molecule has 0 saturated heterocycles. The molecule has 9 heteroatoms. The van der Waals surface area contributed by atoms with Gasteiger partial charge in [-0.15, -0.1) is 23.1 Å². The Balaban J connectivity index is 1.97. The smallest absolute Gasteiger partial charge is 0.337 e. The van der Waals surface area contributed by atoms with E-state index in [2.05, 4.69) is 4.72 Å². The summed E-state index contributed by atoms with van der Waals surface area (Å²) < 4.78 is 34.1. The van der Waals surface area contributed by atoms with Crippen LogP contribution in [0.1, 0.15) is 17.3 Å². The fourth-order valence-electron chi connectivity index (χ4n) is 2.44. The SMILES string of the molecule is CCSc1cc(C(=O)OC)ccc1NS(=O)(=O)c1cc2cc(Cl)ccc2s1. The molecule has 1 heterocycles. The molecule has 0 saturated carbocycles. The molecule has 1 aromatic heterocycles. The minimum Gasteiger partial charge on any atom is -0.465 e. The van der Waals surface area contributed by atoms with E-state index in [1.165, 1.54) is 36.3 Å². The molecule has 0 unspecified atom stereocenters. The quantitative estimate of drug-likeness (QED) is 0.417. The van der Waals surface area contributed by atoms with E-state index in [0.717, 1.165) is 15.8 Å². The van der Waals surface area contributed by atoms with E-state index >= 15 is 0 Å². The Morgan fingerprint density at radius 1 is 1.22 bits per heavy atom. The number of methoxy groups -OCH3 is 1. The minimum atomic E-state index is -3.77. The number of thiophene rings is 1. The van der Waals surface area contributed by atoms with Crippen LogP contribution in [0.25, 0.3) is 10.1 Å². The summed E-state index contributed by atoms with van der Waals surface area (Å²) in [6, 6.07) is 11.6. The number of nitrogens with one attached hydrogen (secondary N) is 1. The molecule has 1 N–H and O–H groups in total. The minimum absolute atomic E-state index is 0.198. The molecular formula is C18H16ClNO4S3. The lowest BCUT2D eigenvalue weighted by atomic mass is 10.2. The lowest BCUT2D eigenvalue weighted by molar-refractivity contribution is 0.0600. The summed E-state index contributed by atoms with van der Waals surface area (Å²) in [7, 11) is -2.47. The monoisotopic (exact) mass is 441 g/mol. The third-order valence-corrected chi connectivity index (χ3v) is 7.80. The van der Waals surface area contributed by atoms with Crippen molar-refractivity contribution in [2.24, 2.45) is 0 Å². The van der Waals surface area contributed by atoms with E-state index in [0.29, 0.717) is 21.2 Å². The van der Waals surface area contributed by atoms with Crippen LogP contribution in [0, 0.1) is 0 Å². The first-order valence-electron chi connectivity index (χ1n) is 7.91. The number of carbonyl (C=O) groups excluding carboxylic acids is 1. The Kier molecular flexibility index (Phi) is 6.00. The molecule has 0 aliphatic heterocycles. The van der Waals surface area contributed by atoms with Crippen molar-refractivity contribution in [2.75, 3.05) is 17.6 Å². The van der Waals surface area contributed by atoms with Crippen molar-refractivity contribution in [3.63, 3.8) is 0 Å². The Morgan fingerprint density at radius 2 is 2.00 bits per heavy atom. The lowest BCUT2D eigenvalue weighted by Crippen LogP contribution is -2.12. The first-order valence-corrected chi connectivity index (χ1v) is 11.6. The lowest BCUT2D eigenvalue weighted by Gasteiger charge is -2.12. The zero-order chi connectivity index (χ0) is 19.6. The van der Waals surface area contributed by atoms with Gasteiger partial charge in [-0.25, -0.2) is 13.2 Å². The third-order valence-electron chi connectivity index (χ3n) is 3.67. The average molecular weight is 442 g/mol. The first-order chi connectivity index (χ1) is 12.8. The Labute approximate surface area is 170 Å². The number of halogens is 1. The number of esters is 1. The van der Waals surface area contributed by atoms with Gasteiger partial charge in [-0.1, -0.05) is 18.5 Å². The zero-order valence-corrected chi connectivity index (χ0v) is 17.7. The molecule has 0 amide bonds. The second-order valence-corrected chi connectivity index (χ2v) is 10.2. The van der Waals surface area contributed by atoms with Crippen LogP contribution in [0.15, 0.2) is 51.6 Å². The highest BCUT2D eigenvalue weighted by Crippen LogP contribution is 2.34. The Morgan fingerprint density at radius 3 is 2.70 bits per heavy atom. The molecule has 0 atom stereocenters. The molecule has 0 fully saturated rings.